The van der Waals surface area contributed by atoms with Crippen LogP contribution in [0.5, 0.6) is 11.5 Å². The van der Waals surface area contributed by atoms with Crippen molar-refractivity contribution in [3.63, 3.8) is 0 Å². The normalized spacial score (nSPS) is 22.9. The number of pyridine rings is 1. The average Bonchev–Trinajstić information content (AvgIpc) is 2.75. The minimum Gasteiger partial charge on any atom is -0.455 e. The highest BCUT2D eigenvalue weighted by Crippen LogP contribution is 2.47. The van der Waals surface area contributed by atoms with E-state index in [9.17, 15) is 4.79 Å². The Hall–Kier alpha value is -2.07. The summed E-state index contributed by atoms with van der Waals surface area (Å²) in [6.07, 6.45) is 1.69. The molecule has 100 valence electrons. The Balaban J connectivity index is 1.98. The van der Waals surface area contributed by atoms with Crippen LogP contribution in [0, 0.1) is 0 Å². The van der Waals surface area contributed by atoms with Gasteiger partial charge in [-0.15, -0.1) is 0 Å². The Morgan fingerprint density at radius 3 is 3.10 bits per heavy atom. The van der Waals surface area contributed by atoms with E-state index in [1.165, 1.54) is 0 Å². The van der Waals surface area contributed by atoms with Crippen molar-refractivity contribution in [2.75, 3.05) is 6.54 Å². The summed E-state index contributed by atoms with van der Waals surface area (Å²) in [5.41, 5.74) is 1.69. The Bertz CT molecular complexity index is 717. The maximum atomic E-state index is 12.2. The van der Waals surface area contributed by atoms with Gasteiger partial charge in [-0.1, -0.05) is 17.7 Å². The summed E-state index contributed by atoms with van der Waals surface area (Å²) >= 11 is 6.05. The molecule has 1 aromatic carbocycles. The Kier molecular flexibility index (Phi) is 2.47. The van der Waals surface area contributed by atoms with Crippen molar-refractivity contribution >= 4 is 17.5 Å². The second-order valence-corrected chi connectivity index (χ2v) is 5.44. The minimum absolute atomic E-state index is 0.00125. The van der Waals surface area contributed by atoms with Crippen LogP contribution in [0.3, 0.4) is 0 Å². The summed E-state index contributed by atoms with van der Waals surface area (Å²) in [4.78, 5) is 16.5. The lowest BCUT2D eigenvalue weighted by atomic mass is 9.86. The van der Waals surface area contributed by atoms with E-state index in [1.807, 2.05) is 18.2 Å². The molecular weight excluding hydrogens is 276 g/mol. The lowest BCUT2D eigenvalue weighted by Crippen LogP contribution is -2.18. The highest BCUT2D eigenvalue weighted by Gasteiger charge is 2.42. The van der Waals surface area contributed by atoms with Gasteiger partial charge >= 0.3 is 0 Å². The number of rotatable bonds is 0. The second-order valence-electron chi connectivity index (χ2n) is 5.00. The highest BCUT2D eigenvalue weighted by molar-refractivity contribution is 6.30. The molecule has 2 aromatic rings. The summed E-state index contributed by atoms with van der Waals surface area (Å²) in [6.45, 7) is 0.595. The SMILES string of the molecule is O=C1NCC2c3ccc(Cl)cc3Oc3cccnc3C12. The number of fused-ring (bicyclic) bond motifs is 5. The summed E-state index contributed by atoms with van der Waals surface area (Å²) in [6, 6.07) is 9.19. The van der Waals surface area contributed by atoms with Crippen molar-refractivity contribution in [1.82, 2.24) is 10.3 Å². The smallest absolute Gasteiger partial charge is 0.230 e. The first-order valence-electron chi connectivity index (χ1n) is 6.44. The summed E-state index contributed by atoms with van der Waals surface area (Å²) in [5, 5.41) is 3.53. The van der Waals surface area contributed by atoms with E-state index in [2.05, 4.69) is 10.3 Å². The molecule has 20 heavy (non-hydrogen) atoms. The highest BCUT2D eigenvalue weighted by atomic mass is 35.5. The second kappa shape index (κ2) is 4.21. The Morgan fingerprint density at radius 1 is 1.30 bits per heavy atom. The first-order valence-corrected chi connectivity index (χ1v) is 6.82. The monoisotopic (exact) mass is 286 g/mol. The predicted molar refractivity (Wildman–Crippen MR) is 74.3 cm³/mol. The third-order valence-corrected chi connectivity index (χ3v) is 4.11. The van der Waals surface area contributed by atoms with Gasteiger partial charge in [0.25, 0.3) is 0 Å². The van der Waals surface area contributed by atoms with E-state index in [0.29, 0.717) is 28.8 Å². The third-order valence-electron chi connectivity index (χ3n) is 3.87. The van der Waals surface area contributed by atoms with Gasteiger partial charge in [-0.25, -0.2) is 0 Å². The first kappa shape index (κ1) is 11.7. The van der Waals surface area contributed by atoms with Crippen LogP contribution < -0.4 is 10.1 Å². The van der Waals surface area contributed by atoms with Crippen molar-refractivity contribution in [3.8, 4) is 11.5 Å². The number of halogens is 1. The topological polar surface area (TPSA) is 51.2 Å². The van der Waals surface area contributed by atoms with Crippen LogP contribution in [0.25, 0.3) is 0 Å². The molecule has 4 rings (SSSR count). The largest absolute Gasteiger partial charge is 0.455 e. The van der Waals surface area contributed by atoms with Gasteiger partial charge in [0.1, 0.15) is 11.5 Å². The van der Waals surface area contributed by atoms with E-state index in [0.717, 1.165) is 5.56 Å². The number of hydrogen-bond acceptors (Lipinski definition) is 3. The number of benzene rings is 1. The zero-order chi connectivity index (χ0) is 13.7. The number of ether oxygens (including phenoxy) is 1. The molecule has 5 heteroatoms. The van der Waals surface area contributed by atoms with Crippen LogP contribution in [0.15, 0.2) is 36.5 Å². The van der Waals surface area contributed by atoms with Gasteiger partial charge in [0, 0.05) is 29.2 Å². The third kappa shape index (κ3) is 1.61. The summed E-state index contributed by atoms with van der Waals surface area (Å²) in [5.74, 6) is 1.07. The molecule has 2 aliphatic rings. The van der Waals surface area contributed by atoms with Gasteiger partial charge in [-0.2, -0.15) is 0 Å². The van der Waals surface area contributed by atoms with Gasteiger partial charge in [-0.05, 0) is 24.3 Å². The molecule has 4 nitrogen and oxygen atoms in total. The fourth-order valence-corrected chi connectivity index (χ4v) is 3.13. The molecule has 2 unspecified atom stereocenters. The first-order chi connectivity index (χ1) is 9.74. The van der Waals surface area contributed by atoms with Crippen LogP contribution in [0.4, 0.5) is 0 Å². The molecule has 1 amide bonds. The predicted octanol–water partition coefficient (Wildman–Crippen LogP) is 2.84. The van der Waals surface area contributed by atoms with Crippen LogP contribution in [-0.4, -0.2) is 17.4 Å². The van der Waals surface area contributed by atoms with E-state index < -0.39 is 0 Å². The quantitative estimate of drug-likeness (QED) is 0.810. The van der Waals surface area contributed by atoms with Crippen molar-refractivity contribution in [2.45, 2.75) is 11.8 Å². The molecular formula is C15H11ClN2O2. The molecule has 2 atom stereocenters. The van der Waals surface area contributed by atoms with Crippen LogP contribution in [-0.2, 0) is 4.79 Å². The molecule has 0 spiro atoms. The molecule has 1 saturated heterocycles. The van der Waals surface area contributed by atoms with Crippen molar-refractivity contribution < 1.29 is 9.53 Å². The molecule has 1 aromatic heterocycles. The lowest BCUT2D eigenvalue weighted by molar-refractivity contribution is -0.120. The van der Waals surface area contributed by atoms with Gasteiger partial charge in [-0.3, -0.25) is 9.78 Å². The number of aromatic nitrogens is 1. The number of nitrogens with zero attached hydrogens (tertiary/aromatic N) is 1. The zero-order valence-corrected chi connectivity index (χ0v) is 11.2. The average molecular weight is 287 g/mol. The fraction of sp³-hybridized carbons (Fsp3) is 0.200. The number of carbonyl (C=O) groups excluding carboxylic acids is 1. The Labute approximate surface area is 120 Å². The molecule has 3 heterocycles. The fourth-order valence-electron chi connectivity index (χ4n) is 2.97. The van der Waals surface area contributed by atoms with Crippen molar-refractivity contribution in [1.29, 1.82) is 0 Å². The standard InChI is InChI=1S/C15H11ClN2O2/c16-8-3-4-9-10-7-18-15(19)13(10)14-11(2-1-5-17-14)20-12(9)6-8/h1-6,10,13H,7H2,(H,18,19). The van der Waals surface area contributed by atoms with Crippen LogP contribution >= 0.6 is 11.6 Å². The molecule has 1 N–H and O–H groups in total. The molecule has 0 aliphatic carbocycles. The molecule has 0 radical (unpaired) electrons. The van der Waals surface area contributed by atoms with E-state index in [-0.39, 0.29) is 17.7 Å². The Morgan fingerprint density at radius 2 is 2.20 bits per heavy atom. The summed E-state index contributed by atoms with van der Waals surface area (Å²) < 4.78 is 5.94. The van der Waals surface area contributed by atoms with Gasteiger partial charge in [0.15, 0.2) is 0 Å². The van der Waals surface area contributed by atoms with Crippen LogP contribution in [0.1, 0.15) is 23.1 Å². The van der Waals surface area contributed by atoms with Gasteiger partial charge < -0.3 is 10.1 Å². The number of nitrogens with one attached hydrogen (secondary N) is 1. The van der Waals surface area contributed by atoms with E-state index in [4.69, 9.17) is 16.3 Å². The number of hydrogen-bond donors (Lipinski definition) is 1. The lowest BCUT2D eigenvalue weighted by Gasteiger charge is -2.14. The van der Waals surface area contributed by atoms with E-state index in [1.54, 1.807) is 18.3 Å². The van der Waals surface area contributed by atoms with Crippen molar-refractivity contribution in [3.05, 3.63) is 52.8 Å². The summed E-state index contributed by atoms with van der Waals surface area (Å²) in [7, 11) is 0. The van der Waals surface area contributed by atoms with Gasteiger partial charge in [0.05, 0.1) is 11.6 Å². The molecule has 1 fully saturated rings. The number of amides is 1. The van der Waals surface area contributed by atoms with Crippen LogP contribution in [0.2, 0.25) is 5.02 Å². The maximum Gasteiger partial charge on any atom is 0.230 e. The minimum atomic E-state index is -0.298. The molecule has 2 aliphatic heterocycles. The molecule has 0 saturated carbocycles. The molecule has 0 bridgehead atoms. The maximum absolute atomic E-state index is 12.2. The van der Waals surface area contributed by atoms with E-state index >= 15 is 0 Å². The van der Waals surface area contributed by atoms with Gasteiger partial charge in [0.2, 0.25) is 5.91 Å². The van der Waals surface area contributed by atoms with Crippen molar-refractivity contribution in [2.24, 2.45) is 0 Å². The number of carbonyl (C=O) groups is 1. The zero-order valence-electron chi connectivity index (χ0n) is 10.5.